The van der Waals surface area contributed by atoms with Crippen LogP contribution in [0.5, 0.6) is 11.5 Å². The number of hydrogen-bond donors (Lipinski definition) is 3. The van der Waals surface area contributed by atoms with E-state index >= 15 is 0 Å². The lowest BCUT2D eigenvalue weighted by Gasteiger charge is -2.25. The van der Waals surface area contributed by atoms with Gasteiger partial charge in [-0.15, -0.1) is 0 Å². The molecule has 4 N–H and O–H groups in total. The summed E-state index contributed by atoms with van der Waals surface area (Å²) in [5, 5.41) is 2.61. The summed E-state index contributed by atoms with van der Waals surface area (Å²) in [7, 11) is 1.55. The van der Waals surface area contributed by atoms with Gasteiger partial charge in [-0.25, -0.2) is 0 Å². The number of rotatable bonds is 5. The summed E-state index contributed by atoms with van der Waals surface area (Å²) in [6, 6.07) is 15.2. The van der Waals surface area contributed by atoms with Crippen molar-refractivity contribution in [2.24, 2.45) is 0 Å². The fourth-order valence-electron chi connectivity index (χ4n) is 3.43. The van der Waals surface area contributed by atoms with E-state index in [-0.39, 0.29) is 29.7 Å². The first kappa shape index (κ1) is 18.5. The summed E-state index contributed by atoms with van der Waals surface area (Å²) in [6.45, 7) is 0.397. The van der Waals surface area contributed by atoms with Gasteiger partial charge in [-0.1, -0.05) is 36.4 Å². The Kier molecular flexibility index (Phi) is 4.90. The Morgan fingerprint density at radius 3 is 2.69 bits per heavy atom. The van der Waals surface area contributed by atoms with Gasteiger partial charge in [0.25, 0.3) is 5.56 Å². The molecular weight excluding hydrogens is 372 g/mol. The maximum Gasteiger partial charge on any atom is 0.258 e. The molecule has 3 aromatic rings. The summed E-state index contributed by atoms with van der Waals surface area (Å²) in [5.74, 6) is 0.541. The maximum atomic E-state index is 12.5. The molecule has 148 valence electrons. The number of aromatic nitrogens is 2. The number of carbonyl (C=O) groups excluding carboxylic acids is 1. The van der Waals surface area contributed by atoms with E-state index in [1.165, 1.54) is 0 Å². The molecule has 2 aromatic carbocycles. The normalized spacial score (nSPS) is 15.3. The number of amides is 1. The molecule has 1 aromatic heterocycles. The van der Waals surface area contributed by atoms with E-state index in [4.69, 9.17) is 15.2 Å². The third-order valence-corrected chi connectivity index (χ3v) is 4.80. The SMILES string of the molecule is COc1cc([C@@H]2CC(=O)Nc3nc(N)[nH]c(=O)c32)ccc1OCc1ccccc1. The number of carbonyl (C=O) groups is 1. The van der Waals surface area contributed by atoms with Gasteiger partial charge in [-0.05, 0) is 23.3 Å². The smallest absolute Gasteiger partial charge is 0.258 e. The Balaban J connectivity index is 1.66. The largest absolute Gasteiger partial charge is 0.493 e. The number of nitrogens with one attached hydrogen (secondary N) is 2. The Bertz CT molecular complexity index is 1110. The highest BCUT2D eigenvalue weighted by Gasteiger charge is 2.31. The average molecular weight is 392 g/mol. The molecule has 0 radical (unpaired) electrons. The van der Waals surface area contributed by atoms with Crippen molar-refractivity contribution < 1.29 is 14.3 Å². The number of methoxy groups -OCH3 is 1. The van der Waals surface area contributed by atoms with Crippen molar-refractivity contribution >= 4 is 17.7 Å². The number of nitrogens with zero attached hydrogens (tertiary/aromatic N) is 1. The van der Waals surface area contributed by atoms with Gasteiger partial charge in [0, 0.05) is 12.3 Å². The molecule has 0 aliphatic carbocycles. The van der Waals surface area contributed by atoms with Crippen LogP contribution >= 0.6 is 0 Å². The summed E-state index contributed by atoms with van der Waals surface area (Å²) >= 11 is 0. The number of hydrogen-bond acceptors (Lipinski definition) is 6. The Morgan fingerprint density at radius 1 is 1.14 bits per heavy atom. The standard InChI is InChI=1S/C21H20N4O4/c1-28-16-9-13(7-8-15(16)29-11-12-5-3-2-4-6-12)14-10-17(26)23-19-18(14)20(27)25-21(22)24-19/h2-9,14H,10-11H2,1H3,(H4,22,23,24,25,26,27)/t14-/m0/s1. The van der Waals surface area contributed by atoms with Crippen LogP contribution in [0.3, 0.4) is 0 Å². The quantitative estimate of drug-likeness (QED) is 0.613. The van der Waals surface area contributed by atoms with E-state index in [1.807, 2.05) is 36.4 Å². The molecule has 1 amide bonds. The molecule has 8 heteroatoms. The summed E-state index contributed by atoms with van der Waals surface area (Å²) < 4.78 is 11.4. The van der Waals surface area contributed by atoms with Crippen LogP contribution in [0.15, 0.2) is 53.3 Å². The maximum absolute atomic E-state index is 12.5. The number of H-pyrrole nitrogens is 1. The van der Waals surface area contributed by atoms with Crippen LogP contribution in [0, 0.1) is 0 Å². The number of benzene rings is 2. The molecule has 0 saturated heterocycles. The molecule has 1 aliphatic heterocycles. The third kappa shape index (κ3) is 3.77. The zero-order valence-corrected chi connectivity index (χ0v) is 15.8. The van der Waals surface area contributed by atoms with Crippen LogP contribution < -0.4 is 26.1 Å². The molecular formula is C21H20N4O4. The van der Waals surface area contributed by atoms with Gasteiger partial charge in [0.2, 0.25) is 11.9 Å². The van der Waals surface area contributed by atoms with Crippen LogP contribution in [-0.4, -0.2) is 23.0 Å². The van der Waals surface area contributed by atoms with Crippen LogP contribution in [-0.2, 0) is 11.4 Å². The van der Waals surface area contributed by atoms with Crippen LogP contribution in [0.25, 0.3) is 0 Å². The van der Waals surface area contributed by atoms with Gasteiger partial charge in [0.15, 0.2) is 11.5 Å². The number of ether oxygens (including phenoxy) is 2. The lowest BCUT2D eigenvalue weighted by atomic mass is 9.86. The fourth-order valence-corrected chi connectivity index (χ4v) is 3.43. The second-order valence-corrected chi connectivity index (χ2v) is 6.70. The second kappa shape index (κ2) is 7.67. The van der Waals surface area contributed by atoms with Gasteiger partial charge in [-0.2, -0.15) is 4.98 Å². The minimum atomic E-state index is -0.465. The van der Waals surface area contributed by atoms with E-state index in [0.717, 1.165) is 11.1 Å². The number of anilines is 2. The monoisotopic (exact) mass is 392 g/mol. The third-order valence-electron chi connectivity index (χ3n) is 4.80. The van der Waals surface area contributed by atoms with Gasteiger partial charge < -0.3 is 20.5 Å². The van der Waals surface area contributed by atoms with Crippen molar-refractivity contribution in [3.8, 4) is 11.5 Å². The summed E-state index contributed by atoms with van der Waals surface area (Å²) in [6.07, 6.45) is 0.120. The number of nitrogen functional groups attached to an aromatic ring is 1. The van der Waals surface area contributed by atoms with E-state index < -0.39 is 5.92 Å². The Labute approximate surface area is 166 Å². The van der Waals surface area contributed by atoms with Gasteiger partial charge in [-0.3, -0.25) is 14.6 Å². The van der Waals surface area contributed by atoms with E-state index in [1.54, 1.807) is 19.2 Å². The van der Waals surface area contributed by atoms with Gasteiger partial charge >= 0.3 is 0 Å². The van der Waals surface area contributed by atoms with Crippen molar-refractivity contribution in [3.63, 3.8) is 0 Å². The highest BCUT2D eigenvalue weighted by molar-refractivity contribution is 5.94. The summed E-state index contributed by atoms with van der Waals surface area (Å²) in [4.78, 5) is 31.2. The van der Waals surface area contributed by atoms with Crippen LogP contribution in [0.1, 0.15) is 29.0 Å². The minimum absolute atomic E-state index is 0.0445. The zero-order valence-electron chi connectivity index (χ0n) is 15.8. The fraction of sp³-hybridized carbons (Fsp3) is 0.190. The molecule has 0 spiro atoms. The molecule has 1 aliphatic rings. The number of aromatic amines is 1. The lowest BCUT2D eigenvalue weighted by molar-refractivity contribution is -0.116. The molecule has 0 fully saturated rings. The lowest BCUT2D eigenvalue weighted by Crippen LogP contribution is -2.31. The van der Waals surface area contributed by atoms with E-state index in [2.05, 4.69) is 15.3 Å². The highest BCUT2D eigenvalue weighted by atomic mass is 16.5. The highest BCUT2D eigenvalue weighted by Crippen LogP contribution is 2.38. The average Bonchev–Trinajstić information content (AvgIpc) is 2.71. The van der Waals surface area contributed by atoms with Crippen molar-refractivity contribution in [1.29, 1.82) is 0 Å². The molecule has 4 rings (SSSR count). The van der Waals surface area contributed by atoms with Crippen molar-refractivity contribution in [2.45, 2.75) is 18.9 Å². The minimum Gasteiger partial charge on any atom is -0.493 e. The molecule has 2 heterocycles. The van der Waals surface area contributed by atoms with Crippen molar-refractivity contribution in [1.82, 2.24) is 9.97 Å². The molecule has 8 nitrogen and oxygen atoms in total. The first-order valence-corrected chi connectivity index (χ1v) is 9.09. The molecule has 0 unspecified atom stereocenters. The van der Waals surface area contributed by atoms with Gasteiger partial charge in [0.1, 0.15) is 12.4 Å². The Hall–Kier alpha value is -3.81. The summed E-state index contributed by atoms with van der Waals surface area (Å²) in [5.41, 5.74) is 7.39. The van der Waals surface area contributed by atoms with Gasteiger partial charge in [0.05, 0.1) is 12.7 Å². The molecule has 1 atom stereocenters. The first-order valence-electron chi connectivity index (χ1n) is 9.09. The predicted molar refractivity (Wildman–Crippen MR) is 108 cm³/mol. The van der Waals surface area contributed by atoms with Crippen LogP contribution in [0.4, 0.5) is 11.8 Å². The first-order chi connectivity index (χ1) is 14.0. The van der Waals surface area contributed by atoms with E-state index in [9.17, 15) is 9.59 Å². The van der Waals surface area contributed by atoms with Crippen molar-refractivity contribution in [2.75, 3.05) is 18.2 Å². The van der Waals surface area contributed by atoms with E-state index in [0.29, 0.717) is 23.7 Å². The molecule has 0 saturated carbocycles. The molecule has 29 heavy (non-hydrogen) atoms. The van der Waals surface area contributed by atoms with Crippen molar-refractivity contribution in [3.05, 3.63) is 75.6 Å². The predicted octanol–water partition coefficient (Wildman–Crippen LogP) is 2.41. The zero-order chi connectivity index (χ0) is 20.4. The second-order valence-electron chi connectivity index (χ2n) is 6.70. The number of nitrogens with two attached hydrogens (primary N) is 1. The topological polar surface area (TPSA) is 119 Å². The number of fused-ring (bicyclic) bond motifs is 1. The molecule has 0 bridgehead atoms. The Morgan fingerprint density at radius 2 is 1.93 bits per heavy atom. The van der Waals surface area contributed by atoms with Crippen LogP contribution in [0.2, 0.25) is 0 Å².